The van der Waals surface area contributed by atoms with Crippen molar-refractivity contribution in [2.24, 2.45) is 5.73 Å². The minimum atomic E-state index is -3.89. The lowest BCUT2D eigenvalue weighted by Crippen LogP contribution is -2.52. The van der Waals surface area contributed by atoms with Gasteiger partial charge < -0.3 is 14.9 Å². The topological polar surface area (TPSA) is 112 Å². The van der Waals surface area contributed by atoms with E-state index in [0.29, 0.717) is 12.8 Å². The number of sulfonamides is 1. The Morgan fingerprint density at radius 1 is 1.33 bits per heavy atom. The summed E-state index contributed by atoms with van der Waals surface area (Å²) >= 11 is 0. The summed E-state index contributed by atoms with van der Waals surface area (Å²) in [5, 5.41) is -0.328. The average Bonchev–Trinajstić information content (AvgIpc) is 2.96. The molecular weight excluding hydrogens is 296 g/mol. The molecule has 0 atom stereocenters. The number of nitrogens with two attached hydrogens (primary N) is 1. The Balaban J connectivity index is 3.01. The first-order valence-electron chi connectivity index (χ1n) is 6.85. The summed E-state index contributed by atoms with van der Waals surface area (Å²) in [7, 11) is -3.89. The Hall–Kier alpha value is -1.38. The van der Waals surface area contributed by atoms with E-state index in [1.165, 1.54) is 12.1 Å². The van der Waals surface area contributed by atoms with Crippen LogP contribution in [0.3, 0.4) is 0 Å². The minimum Gasteiger partial charge on any atom is -0.460 e. The van der Waals surface area contributed by atoms with Crippen LogP contribution < -0.4 is 10.5 Å². The first kappa shape index (κ1) is 17.7. The molecule has 0 aliphatic rings. The number of hydrogen-bond donors (Lipinski definition) is 2. The lowest BCUT2D eigenvalue weighted by atomic mass is 9.95. The van der Waals surface area contributed by atoms with E-state index in [1.807, 2.05) is 13.8 Å². The third-order valence-electron chi connectivity index (χ3n) is 3.42. The molecule has 0 radical (unpaired) electrons. The van der Waals surface area contributed by atoms with E-state index >= 15 is 0 Å². The predicted octanol–water partition coefficient (Wildman–Crippen LogP) is 1.25. The third-order valence-corrected chi connectivity index (χ3v) is 4.87. The molecule has 120 valence electrons. The molecule has 1 heterocycles. The van der Waals surface area contributed by atoms with Crippen molar-refractivity contribution in [2.45, 2.75) is 44.2 Å². The maximum atomic E-state index is 12.3. The fourth-order valence-electron chi connectivity index (χ4n) is 1.84. The number of carbonyl (C=O) groups excluding carboxylic acids is 1. The summed E-state index contributed by atoms with van der Waals surface area (Å²) in [5.74, 6) is -0.849. The Kier molecular flexibility index (Phi) is 5.94. The van der Waals surface area contributed by atoms with Crippen molar-refractivity contribution in [1.29, 1.82) is 0 Å². The van der Waals surface area contributed by atoms with Crippen LogP contribution in [0.2, 0.25) is 0 Å². The van der Waals surface area contributed by atoms with Gasteiger partial charge in [0.1, 0.15) is 0 Å². The number of nitrogens with one attached hydrogen (secondary N) is 1. The van der Waals surface area contributed by atoms with Crippen molar-refractivity contribution >= 4 is 16.0 Å². The number of esters is 1. The van der Waals surface area contributed by atoms with Gasteiger partial charge in [-0.2, -0.15) is 0 Å². The van der Waals surface area contributed by atoms with Gasteiger partial charge in [-0.25, -0.2) is 17.9 Å². The molecule has 0 aliphatic heterocycles. The van der Waals surface area contributed by atoms with Crippen LogP contribution in [-0.2, 0) is 14.8 Å². The minimum absolute atomic E-state index is 0.149. The summed E-state index contributed by atoms with van der Waals surface area (Å²) in [6, 6.07) is 2.50. The van der Waals surface area contributed by atoms with Crippen LogP contribution in [0.15, 0.2) is 21.6 Å². The molecule has 21 heavy (non-hydrogen) atoms. The standard InChI is InChI=1S/C13H22N2O5S/c1-4-13(5-2,9-14)15-21(17,18)11-8-7-10(20-11)12(16)19-6-3/h7-8,15H,4-6,9,14H2,1-3H3. The maximum Gasteiger partial charge on any atom is 0.374 e. The molecule has 0 fully saturated rings. The Morgan fingerprint density at radius 3 is 2.43 bits per heavy atom. The van der Waals surface area contributed by atoms with Crippen molar-refractivity contribution in [3.05, 3.63) is 17.9 Å². The molecular formula is C13H22N2O5S. The highest BCUT2D eigenvalue weighted by Crippen LogP contribution is 2.20. The van der Waals surface area contributed by atoms with Gasteiger partial charge in [-0.3, -0.25) is 0 Å². The van der Waals surface area contributed by atoms with E-state index in [0.717, 1.165) is 0 Å². The molecule has 0 amide bonds. The highest BCUT2D eigenvalue weighted by atomic mass is 32.2. The fourth-order valence-corrected chi connectivity index (χ4v) is 3.33. The number of rotatable bonds is 8. The van der Waals surface area contributed by atoms with Crippen LogP contribution in [0.5, 0.6) is 0 Å². The lowest BCUT2D eigenvalue weighted by Gasteiger charge is -2.30. The highest BCUT2D eigenvalue weighted by molar-refractivity contribution is 7.89. The van der Waals surface area contributed by atoms with Crippen LogP contribution in [0, 0.1) is 0 Å². The molecule has 3 N–H and O–H groups in total. The predicted molar refractivity (Wildman–Crippen MR) is 77.4 cm³/mol. The van der Waals surface area contributed by atoms with Crippen molar-refractivity contribution in [3.63, 3.8) is 0 Å². The molecule has 0 spiro atoms. The zero-order valence-corrected chi connectivity index (χ0v) is 13.3. The van der Waals surface area contributed by atoms with Gasteiger partial charge in [0, 0.05) is 12.1 Å². The molecule has 0 aliphatic carbocycles. The second-order valence-corrected chi connectivity index (χ2v) is 6.25. The average molecular weight is 318 g/mol. The van der Waals surface area contributed by atoms with Crippen LogP contribution in [0.25, 0.3) is 0 Å². The largest absolute Gasteiger partial charge is 0.460 e. The molecule has 8 heteroatoms. The highest BCUT2D eigenvalue weighted by Gasteiger charge is 2.32. The molecule has 0 saturated carbocycles. The Bertz CT molecular complexity index is 567. The first-order chi connectivity index (χ1) is 9.84. The fraction of sp³-hybridized carbons (Fsp3) is 0.615. The van der Waals surface area contributed by atoms with Crippen molar-refractivity contribution in [2.75, 3.05) is 13.2 Å². The third kappa shape index (κ3) is 4.05. The van der Waals surface area contributed by atoms with Crippen LogP contribution in [0.4, 0.5) is 0 Å². The molecule has 0 saturated heterocycles. The molecule has 0 unspecified atom stereocenters. The summed E-state index contributed by atoms with van der Waals surface area (Å²) in [6.07, 6.45) is 1.09. The van der Waals surface area contributed by atoms with Gasteiger partial charge >= 0.3 is 5.97 Å². The summed E-state index contributed by atoms with van der Waals surface area (Å²) < 4.78 is 37.0. The van der Waals surface area contributed by atoms with Gasteiger partial charge in [0.2, 0.25) is 10.9 Å². The van der Waals surface area contributed by atoms with Crippen molar-refractivity contribution in [3.8, 4) is 0 Å². The van der Waals surface area contributed by atoms with Crippen molar-refractivity contribution < 1.29 is 22.4 Å². The van der Waals surface area contributed by atoms with Crippen LogP contribution >= 0.6 is 0 Å². The molecule has 1 aromatic heterocycles. The maximum absolute atomic E-state index is 12.3. The summed E-state index contributed by atoms with van der Waals surface area (Å²) in [5.41, 5.74) is 4.95. The first-order valence-corrected chi connectivity index (χ1v) is 8.33. The Labute approximate surface area is 124 Å². The molecule has 1 rings (SSSR count). The SMILES string of the molecule is CCOC(=O)c1ccc(S(=O)(=O)NC(CC)(CC)CN)o1. The summed E-state index contributed by atoms with van der Waals surface area (Å²) in [6.45, 7) is 5.71. The summed E-state index contributed by atoms with van der Waals surface area (Å²) in [4.78, 5) is 11.5. The Morgan fingerprint density at radius 2 is 1.95 bits per heavy atom. The zero-order valence-electron chi connectivity index (χ0n) is 12.5. The monoisotopic (exact) mass is 318 g/mol. The normalized spacial score (nSPS) is 12.4. The van der Waals surface area contributed by atoms with E-state index in [-0.39, 0.29) is 24.0 Å². The van der Waals surface area contributed by atoms with E-state index < -0.39 is 21.5 Å². The second kappa shape index (κ2) is 7.06. The molecule has 7 nitrogen and oxygen atoms in total. The number of hydrogen-bond acceptors (Lipinski definition) is 6. The number of ether oxygens (including phenoxy) is 1. The van der Waals surface area contributed by atoms with Crippen LogP contribution in [0.1, 0.15) is 44.2 Å². The number of carbonyl (C=O) groups is 1. The van der Waals surface area contributed by atoms with E-state index in [2.05, 4.69) is 4.72 Å². The van der Waals surface area contributed by atoms with Gasteiger partial charge in [0.05, 0.1) is 6.61 Å². The van der Waals surface area contributed by atoms with Crippen LogP contribution in [-0.4, -0.2) is 33.1 Å². The molecule has 1 aromatic rings. The molecule has 0 aromatic carbocycles. The lowest BCUT2D eigenvalue weighted by molar-refractivity contribution is 0.0484. The quantitative estimate of drug-likeness (QED) is 0.698. The number of furan rings is 1. The van der Waals surface area contributed by atoms with E-state index in [4.69, 9.17) is 14.9 Å². The van der Waals surface area contributed by atoms with E-state index in [9.17, 15) is 13.2 Å². The zero-order chi connectivity index (χ0) is 16.1. The van der Waals surface area contributed by atoms with Gasteiger partial charge in [0.15, 0.2) is 0 Å². The smallest absolute Gasteiger partial charge is 0.374 e. The van der Waals surface area contributed by atoms with Gasteiger partial charge in [-0.15, -0.1) is 0 Å². The van der Waals surface area contributed by atoms with Crippen molar-refractivity contribution in [1.82, 2.24) is 4.72 Å². The van der Waals surface area contributed by atoms with Gasteiger partial charge in [0.25, 0.3) is 10.0 Å². The van der Waals surface area contributed by atoms with Gasteiger partial charge in [-0.1, -0.05) is 13.8 Å². The molecule has 0 bridgehead atoms. The van der Waals surface area contributed by atoms with E-state index in [1.54, 1.807) is 6.92 Å². The van der Waals surface area contributed by atoms with Gasteiger partial charge in [-0.05, 0) is 31.9 Å². The second-order valence-electron chi connectivity index (χ2n) is 4.64.